The normalized spacial score (nSPS) is 11.2. The number of carboxylic acid groups (broad SMARTS) is 1. The number of allylic oxidation sites excluding steroid dienone is 1. The zero-order valence-electron chi connectivity index (χ0n) is 10.9. The maximum Gasteiger partial charge on any atom is 0.332 e. The molecule has 0 aromatic rings. The van der Waals surface area contributed by atoms with Crippen LogP contribution in [0.25, 0.3) is 0 Å². The highest BCUT2D eigenvalue weighted by Crippen LogP contribution is 2.01. The highest BCUT2D eigenvalue weighted by Gasteiger charge is 2.06. The lowest BCUT2D eigenvalue weighted by Crippen LogP contribution is -2.09. The number of nitrogens with zero attached hydrogens (tertiary/aromatic N) is 1. The molecule has 102 valence electrons. The van der Waals surface area contributed by atoms with Crippen LogP contribution >= 0.6 is 0 Å². The van der Waals surface area contributed by atoms with Gasteiger partial charge in [0.1, 0.15) is 0 Å². The van der Waals surface area contributed by atoms with E-state index in [2.05, 4.69) is 6.92 Å². The Balaban J connectivity index is 3.42. The molecule has 0 fully saturated rings. The van der Waals surface area contributed by atoms with E-state index in [1.807, 2.05) is 0 Å². The standard InChI is InChI=1S/C13H21NO4/c1-2-3-4-8-17-10-11-18-9-6-12(5-7-14)13(15)16/h5H,2-4,6,8-11H2,1H3,(H,15,16). The Labute approximate surface area is 108 Å². The molecule has 1 N–H and O–H groups in total. The zero-order chi connectivity index (χ0) is 13.6. The SMILES string of the molecule is CCCCCOCCOCCC(=CC#N)C(=O)O. The van der Waals surface area contributed by atoms with Crippen molar-refractivity contribution < 1.29 is 19.4 Å². The predicted octanol–water partition coefficient (Wildman–Crippen LogP) is 2.13. The number of carboxylic acids is 1. The lowest BCUT2D eigenvalue weighted by molar-refractivity contribution is -0.132. The minimum Gasteiger partial charge on any atom is -0.478 e. The van der Waals surface area contributed by atoms with Crippen LogP contribution in [-0.4, -0.2) is 37.5 Å². The van der Waals surface area contributed by atoms with E-state index in [4.69, 9.17) is 19.8 Å². The van der Waals surface area contributed by atoms with Crippen LogP contribution in [-0.2, 0) is 14.3 Å². The second-order valence-corrected chi connectivity index (χ2v) is 3.79. The highest BCUT2D eigenvalue weighted by molar-refractivity contribution is 5.87. The van der Waals surface area contributed by atoms with Crippen LogP contribution in [0.2, 0.25) is 0 Å². The fourth-order valence-electron chi connectivity index (χ4n) is 1.28. The van der Waals surface area contributed by atoms with Crippen molar-refractivity contribution >= 4 is 5.97 Å². The van der Waals surface area contributed by atoms with E-state index in [-0.39, 0.29) is 18.6 Å². The van der Waals surface area contributed by atoms with Crippen LogP contribution in [0, 0.1) is 11.3 Å². The average molecular weight is 255 g/mol. The van der Waals surface area contributed by atoms with E-state index in [9.17, 15) is 4.79 Å². The van der Waals surface area contributed by atoms with Gasteiger partial charge in [0.25, 0.3) is 0 Å². The Morgan fingerprint density at radius 2 is 1.89 bits per heavy atom. The Bertz CT molecular complexity index is 294. The van der Waals surface area contributed by atoms with Gasteiger partial charge in [0, 0.05) is 24.7 Å². The molecule has 0 aliphatic heterocycles. The summed E-state index contributed by atoms with van der Waals surface area (Å²) in [7, 11) is 0. The number of nitriles is 1. The molecule has 0 aliphatic rings. The third kappa shape index (κ3) is 9.82. The number of rotatable bonds is 11. The first-order valence-corrected chi connectivity index (χ1v) is 6.19. The van der Waals surface area contributed by atoms with Gasteiger partial charge in [-0.15, -0.1) is 0 Å². The van der Waals surface area contributed by atoms with Gasteiger partial charge in [0.15, 0.2) is 0 Å². The molecular weight excluding hydrogens is 234 g/mol. The molecule has 0 rings (SSSR count). The summed E-state index contributed by atoms with van der Waals surface area (Å²) in [5.41, 5.74) is 0.0707. The summed E-state index contributed by atoms with van der Waals surface area (Å²) < 4.78 is 10.6. The Hall–Kier alpha value is -1.38. The first kappa shape index (κ1) is 16.6. The first-order valence-electron chi connectivity index (χ1n) is 6.19. The van der Waals surface area contributed by atoms with E-state index < -0.39 is 5.97 Å². The van der Waals surface area contributed by atoms with E-state index in [0.717, 1.165) is 19.1 Å². The summed E-state index contributed by atoms with van der Waals surface area (Å²) in [5, 5.41) is 17.1. The van der Waals surface area contributed by atoms with Crippen molar-refractivity contribution in [1.29, 1.82) is 5.26 Å². The van der Waals surface area contributed by atoms with Gasteiger partial charge >= 0.3 is 5.97 Å². The van der Waals surface area contributed by atoms with E-state index in [1.54, 1.807) is 6.07 Å². The fraction of sp³-hybridized carbons (Fsp3) is 0.692. The van der Waals surface area contributed by atoms with Crippen LogP contribution in [0.5, 0.6) is 0 Å². The van der Waals surface area contributed by atoms with Gasteiger partial charge in [-0.3, -0.25) is 0 Å². The van der Waals surface area contributed by atoms with Gasteiger partial charge in [-0.2, -0.15) is 5.26 Å². The third-order valence-electron chi connectivity index (χ3n) is 2.29. The number of aliphatic carboxylic acids is 1. The van der Waals surface area contributed by atoms with E-state index in [0.29, 0.717) is 13.2 Å². The van der Waals surface area contributed by atoms with Crippen LogP contribution in [0.3, 0.4) is 0 Å². The molecule has 0 heterocycles. The summed E-state index contributed by atoms with van der Waals surface area (Å²) >= 11 is 0. The van der Waals surface area contributed by atoms with Crippen LogP contribution < -0.4 is 0 Å². The summed E-state index contributed by atoms with van der Waals surface area (Å²) in [6.07, 6.45) is 4.67. The molecule has 0 spiro atoms. The van der Waals surface area contributed by atoms with Crippen molar-refractivity contribution in [3.63, 3.8) is 0 Å². The van der Waals surface area contributed by atoms with Crippen LogP contribution in [0.1, 0.15) is 32.6 Å². The second-order valence-electron chi connectivity index (χ2n) is 3.79. The van der Waals surface area contributed by atoms with Crippen LogP contribution in [0.15, 0.2) is 11.6 Å². The minimum absolute atomic E-state index is 0.0707. The summed E-state index contributed by atoms with van der Waals surface area (Å²) in [4.78, 5) is 10.7. The maximum atomic E-state index is 10.7. The van der Waals surface area contributed by atoms with Crippen LogP contribution in [0.4, 0.5) is 0 Å². The van der Waals surface area contributed by atoms with Gasteiger partial charge < -0.3 is 14.6 Å². The van der Waals surface area contributed by atoms with Crippen molar-refractivity contribution in [2.24, 2.45) is 0 Å². The number of unbranched alkanes of at least 4 members (excludes halogenated alkanes) is 2. The smallest absolute Gasteiger partial charge is 0.332 e. The maximum absolute atomic E-state index is 10.7. The number of ether oxygens (including phenoxy) is 2. The molecule has 0 amide bonds. The topological polar surface area (TPSA) is 79.5 Å². The van der Waals surface area contributed by atoms with Crippen molar-refractivity contribution in [3.8, 4) is 6.07 Å². The van der Waals surface area contributed by atoms with Crippen molar-refractivity contribution in [2.75, 3.05) is 26.4 Å². The zero-order valence-corrected chi connectivity index (χ0v) is 10.9. The predicted molar refractivity (Wildman–Crippen MR) is 67.1 cm³/mol. The molecule has 0 bridgehead atoms. The van der Waals surface area contributed by atoms with Gasteiger partial charge in [-0.25, -0.2) is 4.79 Å². The van der Waals surface area contributed by atoms with Gasteiger partial charge in [-0.1, -0.05) is 19.8 Å². The quantitative estimate of drug-likeness (QED) is 0.347. The molecule has 5 heteroatoms. The van der Waals surface area contributed by atoms with Gasteiger partial charge in [0.05, 0.1) is 25.9 Å². The lowest BCUT2D eigenvalue weighted by Gasteiger charge is -2.05. The lowest BCUT2D eigenvalue weighted by atomic mass is 10.2. The Morgan fingerprint density at radius 1 is 1.22 bits per heavy atom. The van der Waals surface area contributed by atoms with Crippen molar-refractivity contribution in [3.05, 3.63) is 11.6 Å². The molecule has 5 nitrogen and oxygen atoms in total. The minimum atomic E-state index is -1.07. The van der Waals surface area contributed by atoms with Gasteiger partial charge in [0.2, 0.25) is 0 Å². The molecule has 18 heavy (non-hydrogen) atoms. The molecule has 0 atom stereocenters. The molecular formula is C13H21NO4. The van der Waals surface area contributed by atoms with E-state index >= 15 is 0 Å². The van der Waals surface area contributed by atoms with E-state index in [1.165, 1.54) is 12.8 Å². The third-order valence-corrected chi connectivity index (χ3v) is 2.29. The fourth-order valence-corrected chi connectivity index (χ4v) is 1.28. The molecule has 0 saturated carbocycles. The molecule has 0 saturated heterocycles. The highest BCUT2D eigenvalue weighted by atomic mass is 16.5. The molecule has 0 radical (unpaired) electrons. The van der Waals surface area contributed by atoms with Crippen molar-refractivity contribution in [2.45, 2.75) is 32.6 Å². The summed E-state index contributed by atoms with van der Waals surface area (Å²) in [5.74, 6) is -1.07. The Kier molecular flexibility index (Phi) is 11.2. The number of hydrogen-bond donors (Lipinski definition) is 1. The Morgan fingerprint density at radius 3 is 2.44 bits per heavy atom. The van der Waals surface area contributed by atoms with Gasteiger partial charge in [-0.05, 0) is 6.42 Å². The number of hydrogen-bond acceptors (Lipinski definition) is 4. The summed E-state index contributed by atoms with van der Waals surface area (Å²) in [6, 6.07) is 1.71. The molecule has 0 unspecified atom stereocenters. The first-order chi connectivity index (χ1) is 8.72. The molecule has 0 aromatic heterocycles. The monoisotopic (exact) mass is 255 g/mol. The number of carbonyl (C=O) groups is 1. The second kappa shape index (κ2) is 12.1. The molecule has 0 aromatic carbocycles. The van der Waals surface area contributed by atoms with Crippen molar-refractivity contribution in [1.82, 2.24) is 0 Å². The molecule has 0 aliphatic carbocycles. The largest absolute Gasteiger partial charge is 0.478 e. The summed E-state index contributed by atoms with van der Waals surface area (Å²) in [6.45, 7) is 4.14. The average Bonchev–Trinajstić information content (AvgIpc) is 2.35.